The highest BCUT2D eigenvalue weighted by Gasteiger charge is 2.30. The van der Waals surface area contributed by atoms with Crippen molar-refractivity contribution in [2.45, 2.75) is 26.6 Å². The van der Waals surface area contributed by atoms with Crippen molar-refractivity contribution in [1.29, 1.82) is 0 Å². The fourth-order valence-corrected chi connectivity index (χ4v) is 3.71. The number of halogens is 2. The number of benzene rings is 1. The lowest BCUT2D eigenvalue weighted by Gasteiger charge is -2.33. The zero-order valence-electron chi connectivity index (χ0n) is 13.3. The van der Waals surface area contributed by atoms with E-state index >= 15 is 0 Å². The Labute approximate surface area is 126 Å². The van der Waals surface area contributed by atoms with Gasteiger partial charge in [-0.05, 0) is 31.2 Å². The Kier molecular flexibility index (Phi) is 5.72. The summed E-state index contributed by atoms with van der Waals surface area (Å²) in [5, 5.41) is 0.149. The highest BCUT2D eigenvalue weighted by atomic mass is 28.3. The molecule has 0 aliphatic rings. The van der Waals surface area contributed by atoms with Gasteiger partial charge in [0.15, 0.2) is 0 Å². The molecule has 0 aliphatic heterocycles. The van der Waals surface area contributed by atoms with E-state index in [0.717, 1.165) is 11.3 Å². The minimum atomic E-state index is -2.20. The molecule has 0 bridgehead atoms. The van der Waals surface area contributed by atoms with Gasteiger partial charge < -0.3 is 9.64 Å². The average molecular weight is 311 g/mol. The van der Waals surface area contributed by atoms with Gasteiger partial charge in [0, 0.05) is 12.2 Å². The molecular weight excluding hydrogens is 288 g/mol. The van der Waals surface area contributed by atoms with Gasteiger partial charge in [-0.25, -0.2) is 0 Å². The van der Waals surface area contributed by atoms with Crippen LogP contribution in [-0.4, -0.2) is 21.7 Å². The number of methoxy groups -OCH3 is 1. The maximum absolute atomic E-state index is 13.5. The summed E-state index contributed by atoms with van der Waals surface area (Å²) in [5.74, 6) is 0.702. The van der Waals surface area contributed by atoms with Gasteiger partial charge in [0.25, 0.3) is 6.08 Å². The summed E-state index contributed by atoms with van der Waals surface area (Å²) < 4.78 is 32.2. The van der Waals surface area contributed by atoms with Crippen molar-refractivity contribution in [3.05, 3.63) is 47.8 Å². The molecule has 0 saturated heterocycles. The van der Waals surface area contributed by atoms with E-state index in [0.29, 0.717) is 12.3 Å². The second kappa shape index (κ2) is 6.89. The molecule has 5 heteroatoms. The van der Waals surface area contributed by atoms with Crippen LogP contribution < -0.4 is 9.64 Å². The van der Waals surface area contributed by atoms with Crippen LogP contribution in [0.3, 0.4) is 0 Å². The Morgan fingerprint density at radius 3 is 2.05 bits per heavy atom. The maximum atomic E-state index is 13.5. The summed E-state index contributed by atoms with van der Waals surface area (Å²) in [6, 6.07) is 7.15. The zero-order valence-corrected chi connectivity index (χ0v) is 14.3. The van der Waals surface area contributed by atoms with Gasteiger partial charge in [0.05, 0.1) is 12.4 Å². The summed E-state index contributed by atoms with van der Waals surface area (Å²) >= 11 is 0. The molecule has 0 amide bonds. The Hall–Kier alpha value is -1.62. The van der Waals surface area contributed by atoms with E-state index in [9.17, 15) is 8.78 Å². The third-order valence-corrected chi connectivity index (χ3v) is 4.85. The lowest BCUT2D eigenvalue weighted by molar-refractivity contribution is 0.413. The minimum Gasteiger partial charge on any atom is -0.497 e. The Balaban J connectivity index is 3.33. The van der Waals surface area contributed by atoms with Crippen LogP contribution >= 0.6 is 0 Å². The van der Waals surface area contributed by atoms with Gasteiger partial charge >= 0.3 is 0 Å². The molecule has 1 rings (SSSR count). The molecule has 0 fully saturated rings. The number of hydrogen-bond acceptors (Lipinski definition) is 2. The third-order valence-electron chi connectivity index (χ3n) is 2.97. The fraction of sp³-hybridized carbons (Fsp3) is 0.375. The molecule has 0 spiro atoms. The topological polar surface area (TPSA) is 12.5 Å². The number of anilines is 1. The monoisotopic (exact) mass is 311 g/mol. The largest absolute Gasteiger partial charge is 0.497 e. The van der Waals surface area contributed by atoms with Crippen LogP contribution in [0, 0.1) is 0 Å². The maximum Gasteiger partial charge on any atom is 0.285 e. The van der Waals surface area contributed by atoms with E-state index in [-0.39, 0.29) is 5.32 Å². The summed E-state index contributed by atoms with van der Waals surface area (Å²) in [5.41, 5.74) is 1.56. The Morgan fingerprint density at radius 1 is 1.19 bits per heavy atom. The van der Waals surface area contributed by atoms with Crippen LogP contribution in [0.4, 0.5) is 14.5 Å². The quantitative estimate of drug-likeness (QED) is 0.537. The van der Waals surface area contributed by atoms with E-state index in [1.165, 1.54) is 0 Å². The molecule has 2 nitrogen and oxygen atoms in total. The Bertz CT molecular complexity index is 528. The van der Waals surface area contributed by atoms with E-state index < -0.39 is 14.2 Å². The zero-order chi connectivity index (χ0) is 16.2. The highest BCUT2D eigenvalue weighted by Crippen LogP contribution is 2.31. The Morgan fingerprint density at radius 2 is 1.71 bits per heavy atom. The molecule has 0 unspecified atom stereocenters. The first kappa shape index (κ1) is 17.4. The first-order valence-corrected chi connectivity index (χ1v) is 10.3. The first-order valence-electron chi connectivity index (χ1n) is 6.78. The van der Waals surface area contributed by atoms with Crippen LogP contribution in [0.15, 0.2) is 47.8 Å². The summed E-state index contributed by atoms with van der Waals surface area (Å²) in [6.45, 7) is 11.8. The van der Waals surface area contributed by atoms with E-state index in [1.54, 1.807) is 36.3 Å². The first-order chi connectivity index (χ1) is 9.66. The van der Waals surface area contributed by atoms with Crippen molar-refractivity contribution < 1.29 is 13.5 Å². The van der Waals surface area contributed by atoms with Crippen molar-refractivity contribution in [2.75, 3.05) is 18.6 Å². The fourth-order valence-electron chi connectivity index (χ4n) is 2.12. The second-order valence-electron chi connectivity index (χ2n) is 6.10. The van der Waals surface area contributed by atoms with Gasteiger partial charge in [-0.1, -0.05) is 31.8 Å². The summed E-state index contributed by atoms with van der Waals surface area (Å²) in [6.07, 6.45) is -1.61. The average Bonchev–Trinajstić information content (AvgIpc) is 2.35. The minimum absolute atomic E-state index is 0.149. The molecule has 0 N–H and O–H groups in total. The lowest BCUT2D eigenvalue weighted by Crippen LogP contribution is -2.39. The van der Waals surface area contributed by atoms with Crippen LogP contribution in [0.25, 0.3) is 0 Å². The predicted octanol–water partition coefficient (Wildman–Crippen LogP) is 5.06. The van der Waals surface area contributed by atoms with Crippen molar-refractivity contribution in [3.63, 3.8) is 0 Å². The van der Waals surface area contributed by atoms with Crippen molar-refractivity contribution in [1.82, 2.24) is 0 Å². The van der Waals surface area contributed by atoms with E-state index in [2.05, 4.69) is 6.58 Å². The molecule has 0 heterocycles. The highest BCUT2D eigenvalue weighted by molar-refractivity contribution is 6.83. The number of rotatable bonds is 6. The molecule has 1 aromatic carbocycles. The summed E-state index contributed by atoms with van der Waals surface area (Å²) in [7, 11) is -0.622. The standard InChI is InChI=1S/C16H23F2NOSi/c1-12(2)11-19(16(15(17)18)21(4,5)6)13-7-9-14(20-3)10-8-13/h7-10H,1,11H2,2-6H3. The molecule has 0 aliphatic carbocycles. The lowest BCUT2D eigenvalue weighted by atomic mass is 10.2. The number of hydrogen-bond donors (Lipinski definition) is 0. The van der Waals surface area contributed by atoms with Crippen LogP contribution in [0.2, 0.25) is 19.6 Å². The van der Waals surface area contributed by atoms with Gasteiger partial charge in [0.2, 0.25) is 0 Å². The van der Waals surface area contributed by atoms with Crippen molar-refractivity contribution in [2.24, 2.45) is 0 Å². The van der Waals surface area contributed by atoms with E-state index in [4.69, 9.17) is 4.74 Å². The van der Waals surface area contributed by atoms with E-state index in [1.807, 2.05) is 26.6 Å². The van der Waals surface area contributed by atoms with Gasteiger partial charge in [-0.15, -0.1) is 0 Å². The van der Waals surface area contributed by atoms with Crippen molar-refractivity contribution >= 4 is 13.8 Å². The smallest absolute Gasteiger partial charge is 0.285 e. The molecular formula is C16H23F2NOSi. The molecule has 0 saturated carbocycles. The van der Waals surface area contributed by atoms with Crippen LogP contribution in [0.1, 0.15) is 6.92 Å². The van der Waals surface area contributed by atoms with Crippen LogP contribution in [0.5, 0.6) is 5.75 Å². The predicted molar refractivity (Wildman–Crippen MR) is 87.7 cm³/mol. The number of nitrogens with zero attached hydrogens (tertiary/aromatic N) is 1. The second-order valence-corrected chi connectivity index (χ2v) is 11.1. The SMILES string of the molecule is C=C(C)CN(C(=C(F)F)[Si](C)(C)C)c1ccc(OC)cc1. The van der Waals surface area contributed by atoms with Crippen LogP contribution in [-0.2, 0) is 0 Å². The molecule has 116 valence electrons. The molecule has 21 heavy (non-hydrogen) atoms. The van der Waals surface area contributed by atoms with Gasteiger partial charge in [0.1, 0.15) is 13.8 Å². The van der Waals surface area contributed by atoms with Crippen molar-refractivity contribution in [3.8, 4) is 5.75 Å². The molecule has 0 atom stereocenters. The molecule has 1 aromatic rings. The number of ether oxygens (including phenoxy) is 1. The normalized spacial score (nSPS) is 11.0. The van der Waals surface area contributed by atoms with Gasteiger partial charge in [-0.2, -0.15) is 8.78 Å². The third kappa shape index (κ3) is 4.70. The molecule has 0 aromatic heterocycles. The van der Waals surface area contributed by atoms with Gasteiger partial charge in [-0.3, -0.25) is 0 Å². The molecule has 0 radical (unpaired) electrons. The summed E-state index contributed by atoms with van der Waals surface area (Å²) in [4.78, 5) is 1.67.